The molecule has 1 saturated carbocycles. The van der Waals surface area contributed by atoms with Crippen LogP contribution < -0.4 is 14.4 Å². The molecule has 0 aliphatic heterocycles. The van der Waals surface area contributed by atoms with Gasteiger partial charge in [-0.15, -0.1) is 0 Å². The van der Waals surface area contributed by atoms with Crippen molar-refractivity contribution < 1.29 is 27.1 Å². The highest BCUT2D eigenvalue weighted by molar-refractivity contribution is 7.92. The van der Waals surface area contributed by atoms with Crippen molar-refractivity contribution in [1.29, 1.82) is 0 Å². The van der Waals surface area contributed by atoms with Gasteiger partial charge in [0.2, 0.25) is 21.8 Å². The molecule has 0 bridgehead atoms. The van der Waals surface area contributed by atoms with Crippen LogP contribution in [0.25, 0.3) is 0 Å². The highest BCUT2D eigenvalue weighted by atomic mass is 32.2. The molecule has 0 saturated heterocycles. The van der Waals surface area contributed by atoms with Crippen molar-refractivity contribution in [2.45, 2.75) is 57.2 Å². The summed E-state index contributed by atoms with van der Waals surface area (Å²) in [7, 11) is -2.43. The molecule has 2 amide bonds. The van der Waals surface area contributed by atoms with E-state index in [1.165, 1.54) is 30.2 Å². The van der Waals surface area contributed by atoms with Crippen molar-refractivity contribution in [3.63, 3.8) is 0 Å². The van der Waals surface area contributed by atoms with E-state index in [-0.39, 0.29) is 30.6 Å². The third kappa shape index (κ3) is 8.55. The van der Waals surface area contributed by atoms with Gasteiger partial charge >= 0.3 is 0 Å². The van der Waals surface area contributed by atoms with E-state index >= 15 is 0 Å². The standard InChI is InChI=1S/C32H38FN3O5S/c1-41-29-15-9-14-28(21-29)36(42(2,39)40)23-31(37)35(22-25-16-18-26(33)19-17-25)30(20-24-10-5-3-6-11-24)32(38)34-27-12-7-4-8-13-27/h3,5-6,9-11,14-19,21,27,30H,4,7-8,12-13,20,22-23H2,1-2H3,(H,34,38)/t30-/m1/s1. The monoisotopic (exact) mass is 595 g/mol. The van der Waals surface area contributed by atoms with Crippen molar-refractivity contribution in [2.75, 3.05) is 24.2 Å². The number of anilines is 1. The minimum Gasteiger partial charge on any atom is -0.497 e. The highest BCUT2D eigenvalue weighted by Gasteiger charge is 2.34. The number of carbonyl (C=O) groups is 2. The van der Waals surface area contributed by atoms with Crippen LogP contribution in [0.2, 0.25) is 0 Å². The van der Waals surface area contributed by atoms with Gasteiger partial charge in [0.05, 0.1) is 19.1 Å². The Morgan fingerprint density at radius 3 is 2.29 bits per heavy atom. The van der Waals surface area contributed by atoms with E-state index in [9.17, 15) is 22.4 Å². The number of benzene rings is 3. The number of nitrogens with one attached hydrogen (secondary N) is 1. The van der Waals surface area contributed by atoms with Gasteiger partial charge in [0, 0.05) is 25.1 Å². The van der Waals surface area contributed by atoms with Crippen LogP contribution in [0, 0.1) is 5.82 Å². The predicted molar refractivity (Wildman–Crippen MR) is 161 cm³/mol. The van der Waals surface area contributed by atoms with Crippen LogP contribution in [0.5, 0.6) is 5.75 Å². The molecule has 224 valence electrons. The number of hydrogen-bond acceptors (Lipinski definition) is 5. The number of halogens is 1. The smallest absolute Gasteiger partial charge is 0.244 e. The predicted octanol–water partition coefficient (Wildman–Crippen LogP) is 4.69. The number of rotatable bonds is 12. The molecule has 10 heteroatoms. The second-order valence-corrected chi connectivity index (χ2v) is 12.6. The molecular formula is C32H38FN3O5S. The maximum Gasteiger partial charge on any atom is 0.244 e. The van der Waals surface area contributed by atoms with Gasteiger partial charge in [0.25, 0.3) is 0 Å². The Morgan fingerprint density at radius 1 is 0.952 bits per heavy atom. The third-order valence-electron chi connectivity index (χ3n) is 7.51. The van der Waals surface area contributed by atoms with Crippen LogP contribution in [-0.2, 0) is 32.6 Å². The summed E-state index contributed by atoms with van der Waals surface area (Å²) in [6, 6.07) is 20.6. The molecule has 0 heterocycles. The van der Waals surface area contributed by atoms with E-state index in [0.717, 1.165) is 48.2 Å². The number of amides is 2. The summed E-state index contributed by atoms with van der Waals surface area (Å²) < 4.78 is 45.9. The minimum atomic E-state index is -3.90. The summed E-state index contributed by atoms with van der Waals surface area (Å²) in [6.07, 6.45) is 6.17. The molecule has 8 nitrogen and oxygen atoms in total. The number of methoxy groups -OCH3 is 1. The van der Waals surface area contributed by atoms with E-state index in [1.807, 2.05) is 30.3 Å². The number of carbonyl (C=O) groups excluding carboxylic acids is 2. The van der Waals surface area contributed by atoms with Crippen molar-refractivity contribution in [3.05, 3.63) is 95.8 Å². The zero-order valence-corrected chi connectivity index (χ0v) is 24.9. The summed E-state index contributed by atoms with van der Waals surface area (Å²) in [5.41, 5.74) is 1.73. The Labute approximate surface area is 247 Å². The first-order valence-corrected chi connectivity index (χ1v) is 16.0. The molecule has 1 atom stereocenters. The van der Waals surface area contributed by atoms with Crippen LogP contribution in [0.4, 0.5) is 10.1 Å². The van der Waals surface area contributed by atoms with E-state index in [2.05, 4.69) is 5.32 Å². The lowest BCUT2D eigenvalue weighted by molar-refractivity contribution is -0.140. The molecule has 1 aliphatic carbocycles. The third-order valence-corrected chi connectivity index (χ3v) is 8.65. The molecule has 3 aromatic rings. The minimum absolute atomic E-state index is 0.00951. The normalized spacial score (nSPS) is 14.5. The lowest BCUT2D eigenvalue weighted by Gasteiger charge is -2.35. The number of sulfonamides is 1. The van der Waals surface area contributed by atoms with Crippen molar-refractivity contribution in [1.82, 2.24) is 10.2 Å². The zero-order valence-electron chi connectivity index (χ0n) is 24.0. The molecule has 0 radical (unpaired) electrons. The summed E-state index contributed by atoms with van der Waals surface area (Å²) in [5, 5.41) is 3.16. The highest BCUT2D eigenvalue weighted by Crippen LogP contribution is 2.25. The fraction of sp³-hybridized carbons (Fsp3) is 0.375. The lowest BCUT2D eigenvalue weighted by Crippen LogP contribution is -2.55. The van der Waals surface area contributed by atoms with Crippen molar-refractivity contribution in [2.24, 2.45) is 0 Å². The molecule has 1 fully saturated rings. The fourth-order valence-corrected chi connectivity index (χ4v) is 6.11. The van der Waals surface area contributed by atoms with Crippen LogP contribution in [0.15, 0.2) is 78.9 Å². The van der Waals surface area contributed by atoms with Gasteiger partial charge in [-0.2, -0.15) is 0 Å². The van der Waals surface area contributed by atoms with Crippen LogP contribution in [-0.4, -0.2) is 57.1 Å². The van der Waals surface area contributed by atoms with Crippen molar-refractivity contribution in [3.8, 4) is 5.75 Å². The van der Waals surface area contributed by atoms with Gasteiger partial charge in [-0.25, -0.2) is 12.8 Å². The van der Waals surface area contributed by atoms with E-state index in [1.54, 1.807) is 30.3 Å². The molecule has 4 rings (SSSR count). The van der Waals surface area contributed by atoms with Gasteiger partial charge < -0.3 is 15.0 Å². The van der Waals surface area contributed by atoms with Crippen LogP contribution in [0.3, 0.4) is 0 Å². The van der Waals surface area contributed by atoms with Crippen LogP contribution >= 0.6 is 0 Å². The quantitative estimate of drug-likeness (QED) is 0.328. The SMILES string of the molecule is COc1cccc(N(CC(=O)N(Cc2ccc(F)cc2)[C@H](Cc2ccccc2)C(=O)NC2CCCCC2)S(C)(=O)=O)c1. The maximum absolute atomic E-state index is 14.2. The first-order chi connectivity index (χ1) is 20.1. The second-order valence-electron chi connectivity index (χ2n) is 10.7. The number of ether oxygens (including phenoxy) is 1. The number of nitrogens with zero attached hydrogens (tertiary/aromatic N) is 2. The summed E-state index contributed by atoms with van der Waals surface area (Å²) >= 11 is 0. The van der Waals surface area contributed by atoms with E-state index in [4.69, 9.17) is 4.74 Å². The van der Waals surface area contributed by atoms with Gasteiger partial charge in [0.1, 0.15) is 24.2 Å². The topological polar surface area (TPSA) is 96.0 Å². The van der Waals surface area contributed by atoms with Crippen molar-refractivity contribution >= 4 is 27.5 Å². The Balaban J connectivity index is 1.72. The van der Waals surface area contributed by atoms with Gasteiger partial charge in [-0.05, 0) is 48.2 Å². The summed E-state index contributed by atoms with van der Waals surface area (Å²) in [5.74, 6) is -0.847. The maximum atomic E-state index is 14.2. The number of hydrogen-bond donors (Lipinski definition) is 1. The second kappa shape index (κ2) is 14.3. The largest absolute Gasteiger partial charge is 0.497 e. The molecule has 1 N–H and O–H groups in total. The Kier molecular flexibility index (Phi) is 10.6. The molecular weight excluding hydrogens is 557 g/mol. The average Bonchev–Trinajstić information content (AvgIpc) is 2.99. The Morgan fingerprint density at radius 2 is 1.64 bits per heavy atom. The zero-order chi connectivity index (χ0) is 30.1. The Bertz CT molecular complexity index is 1440. The first-order valence-electron chi connectivity index (χ1n) is 14.1. The average molecular weight is 596 g/mol. The molecule has 0 spiro atoms. The lowest BCUT2D eigenvalue weighted by atomic mass is 9.94. The molecule has 1 aliphatic rings. The van der Waals surface area contributed by atoms with Gasteiger partial charge in [-0.3, -0.25) is 13.9 Å². The van der Waals surface area contributed by atoms with Gasteiger partial charge in [-0.1, -0.05) is 67.8 Å². The molecule has 0 aromatic heterocycles. The molecule has 42 heavy (non-hydrogen) atoms. The molecule has 0 unspecified atom stereocenters. The van der Waals surface area contributed by atoms with E-state index in [0.29, 0.717) is 11.3 Å². The Hall–Kier alpha value is -3.92. The fourth-order valence-electron chi connectivity index (χ4n) is 5.26. The van der Waals surface area contributed by atoms with E-state index < -0.39 is 34.3 Å². The van der Waals surface area contributed by atoms with Crippen LogP contribution in [0.1, 0.15) is 43.2 Å². The first kappa shape index (κ1) is 31.0. The summed E-state index contributed by atoms with van der Waals surface area (Å²) in [4.78, 5) is 29.5. The summed E-state index contributed by atoms with van der Waals surface area (Å²) in [6.45, 7) is -0.542. The molecule has 3 aromatic carbocycles. The van der Waals surface area contributed by atoms with Gasteiger partial charge in [0.15, 0.2) is 0 Å².